The van der Waals surface area contributed by atoms with Gasteiger partial charge in [-0.25, -0.2) is 20.2 Å². The fraction of sp³-hybridized carbons (Fsp3) is 0.596. The lowest BCUT2D eigenvalue weighted by atomic mass is 9.87. The van der Waals surface area contributed by atoms with Crippen LogP contribution in [-0.4, -0.2) is 158 Å². The average Bonchev–Trinajstić information content (AvgIpc) is 1.14. The number of aromatic amines is 2. The van der Waals surface area contributed by atoms with Gasteiger partial charge in [0.15, 0.2) is 52.9 Å². The molecule has 6 N–H and O–H groups in total. The van der Waals surface area contributed by atoms with Crippen molar-refractivity contribution in [2.45, 2.75) is 325 Å². The van der Waals surface area contributed by atoms with Gasteiger partial charge in [0.05, 0.1) is 0 Å². The van der Waals surface area contributed by atoms with Crippen molar-refractivity contribution in [2.24, 2.45) is 48.7 Å². The van der Waals surface area contributed by atoms with E-state index in [0.29, 0.717) is 94.6 Å². The molecule has 2 aromatic heterocycles. The van der Waals surface area contributed by atoms with Crippen molar-refractivity contribution in [1.82, 2.24) is 41.4 Å². The average molecular weight is 1850 g/mol. The molecule has 0 saturated heterocycles. The minimum absolute atomic E-state index is 0.0102. The predicted octanol–water partition coefficient (Wildman–Crippen LogP) is 19.0. The van der Waals surface area contributed by atoms with E-state index in [9.17, 15) is 86.3 Å². The smallest absolute Gasteiger partial charge is 0.330 e. The summed E-state index contributed by atoms with van der Waals surface area (Å²) >= 11 is 0. The van der Waals surface area contributed by atoms with Crippen LogP contribution in [0.3, 0.4) is 0 Å². The predicted molar refractivity (Wildman–Crippen MR) is 528 cm³/mol. The van der Waals surface area contributed by atoms with Crippen LogP contribution in [0.15, 0.2) is 122 Å². The molecule has 28 heteroatoms. The number of ketones is 13. The number of H-pyrrole nitrogens is 2. The molecular weight excluding hydrogens is 1680 g/mol. The van der Waals surface area contributed by atoms with Gasteiger partial charge in [-0.05, 0) is 124 Å². The second kappa shape index (κ2) is 69.0. The zero-order chi connectivity index (χ0) is 105. The van der Waals surface area contributed by atoms with Crippen molar-refractivity contribution in [1.29, 1.82) is 0 Å². The Bertz CT molecular complexity index is 4130. The van der Waals surface area contributed by atoms with Gasteiger partial charge in [-0.2, -0.15) is 0 Å². The highest BCUT2D eigenvalue weighted by Gasteiger charge is 2.27. The largest absolute Gasteiger partial charge is 0.455 e. The Kier molecular flexibility index (Phi) is 70.2. The van der Waals surface area contributed by atoms with Gasteiger partial charge >= 0.3 is 5.97 Å². The van der Waals surface area contributed by atoms with Crippen molar-refractivity contribution in [3.05, 3.63) is 134 Å². The Hall–Kier alpha value is -10.9. The van der Waals surface area contributed by atoms with Gasteiger partial charge in [-0.15, -0.1) is 0 Å². The van der Waals surface area contributed by atoms with Crippen LogP contribution in [0.4, 0.5) is 0 Å². The van der Waals surface area contributed by atoms with Gasteiger partial charge in [0.1, 0.15) is 47.2 Å². The molecule has 0 aliphatic heterocycles. The fourth-order valence-electron chi connectivity index (χ4n) is 8.44. The van der Waals surface area contributed by atoms with E-state index < -0.39 is 22.7 Å². The molecule has 0 unspecified atom stereocenters. The molecule has 2 heterocycles. The van der Waals surface area contributed by atoms with Crippen LogP contribution in [-0.2, 0) is 95.9 Å². The number of aromatic nitrogens is 4. The number of Topliss-reactive ketones (excluding diaryl/α,β-unsaturated/α-hetero) is 9. The Labute approximate surface area is 790 Å². The number of nitrogens with zero attached hydrogens (tertiary/aromatic N) is 2. The number of amides is 4. The van der Waals surface area contributed by atoms with Gasteiger partial charge in [-0.1, -0.05) is 230 Å². The van der Waals surface area contributed by atoms with E-state index in [2.05, 4.69) is 86.7 Å². The Balaban J connectivity index is -0.000000267. The first-order valence-electron chi connectivity index (χ1n) is 44.6. The number of carbonyl (C=O) groups excluding carboxylic acids is 18. The SMILES string of the molecule is C/C(=C\c1ncc[nH]1)C(=O)CCC(=O)C(C)(C)C.C/C=C(\C)C(=O)CCC(=O)C(C)(C)C.C/C=C/C(=O)CCC(=O)CC(C)(C)C.C/C=C/C(=O)OCC(=O)C(C)(C)C.C=CC(=O)CCC(=O)NCC(C)(C)C.C=CC(=O)NCCC(=O)C(C)(C)C.C=CC(=O)NOCC(=O)C(C)(C)C.CC(C)(C)C(=O)CCC(=O)/C=C/c1ncc[nH]1.CC(C)=CC(=O)CCC(=O)NCC(C)(C)C. The molecule has 28 nitrogen and oxygen atoms in total. The van der Waals surface area contributed by atoms with Gasteiger partial charge in [0.25, 0.3) is 5.91 Å². The molecule has 0 bridgehead atoms. The number of allylic oxidation sites excluding steroid dienone is 10. The molecule has 0 aliphatic rings. The van der Waals surface area contributed by atoms with Crippen LogP contribution < -0.4 is 21.4 Å². The summed E-state index contributed by atoms with van der Waals surface area (Å²) in [6.45, 7) is 75.4. The third-order valence-electron chi connectivity index (χ3n) is 17.2. The topological polar surface area (TPSA) is 431 Å². The maximum absolute atomic E-state index is 11.8. The molecule has 132 heavy (non-hydrogen) atoms. The number of carbonyl (C=O) groups is 18. The van der Waals surface area contributed by atoms with E-state index in [1.807, 2.05) is 145 Å². The lowest BCUT2D eigenvalue weighted by molar-refractivity contribution is -0.145. The van der Waals surface area contributed by atoms with Crippen LogP contribution in [0.2, 0.25) is 0 Å². The summed E-state index contributed by atoms with van der Waals surface area (Å²) in [6, 6.07) is 0. The van der Waals surface area contributed by atoms with E-state index in [1.54, 1.807) is 130 Å². The molecule has 0 radical (unpaired) electrons. The van der Waals surface area contributed by atoms with Gasteiger partial charge in [0, 0.05) is 173 Å². The first-order chi connectivity index (χ1) is 60.0. The number of imidazole rings is 2. The Morgan fingerprint density at radius 3 is 1.11 bits per heavy atom. The normalized spacial score (nSPS) is 11.6. The monoisotopic (exact) mass is 1850 g/mol. The Morgan fingerprint density at radius 2 is 0.750 bits per heavy atom. The van der Waals surface area contributed by atoms with Crippen LogP contribution in [0.1, 0.15) is 337 Å². The van der Waals surface area contributed by atoms with Crippen molar-refractivity contribution >= 4 is 117 Å². The van der Waals surface area contributed by atoms with Gasteiger partial charge in [-0.3, -0.25) is 86.3 Å². The molecule has 0 saturated carbocycles. The highest BCUT2D eigenvalue weighted by molar-refractivity contribution is 6.01. The molecule has 0 atom stereocenters. The first kappa shape index (κ1) is 134. The molecule has 0 aliphatic carbocycles. The molecule has 0 aromatic carbocycles. The number of rotatable bonds is 40. The van der Waals surface area contributed by atoms with Crippen molar-refractivity contribution in [3.8, 4) is 0 Å². The summed E-state index contributed by atoms with van der Waals surface area (Å²) in [5.41, 5.74) is 2.29. The van der Waals surface area contributed by atoms with Crippen molar-refractivity contribution in [2.75, 3.05) is 32.8 Å². The van der Waals surface area contributed by atoms with Crippen LogP contribution in [0.25, 0.3) is 12.2 Å². The summed E-state index contributed by atoms with van der Waals surface area (Å²) < 4.78 is 4.70. The molecule has 0 spiro atoms. The molecular formula is C104H168N8O20. The maximum atomic E-state index is 11.8. The number of hydrogen-bond acceptors (Lipinski definition) is 22. The third kappa shape index (κ3) is 87.1. The number of esters is 1. The summed E-state index contributed by atoms with van der Waals surface area (Å²) in [5.74, 6) is 0.528. The van der Waals surface area contributed by atoms with E-state index in [-0.39, 0.29) is 176 Å². The lowest BCUT2D eigenvalue weighted by Gasteiger charge is -2.18. The van der Waals surface area contributed by atoms with E-state index >= 15 is 0 Å². The minimum Gasteiger partial charge on any atom is -0.455 e. The van der Waals surface area contributed by atoms with Crippen molar-refractivity contribution in [3.63, 3.8) is 0 Å². The first-order valence-corrected chi connectivity index (χ1v) is 44.6. The van der Waals surface area contributed by atoms with Crippen LogP contribution >= 0.6 is 0 Å². The number of hydrogen-bond donors (Lipinski definition) is 6. The van der Waals surface area contributed by atoms with Gasteiger partial charge < -0.3 is 30.7 Å². The summed E-state index contributed by atoms with van der Waals surface area (Å²) in [4.78, 5) is 221. The molecule has 0 fully saturated rings. The summed E-state index contributed by atoms with van der Waals surface area (Å²) in [5, 5.41) is 8.15. The highest BCUT2D eigenvalue weighted by Crippen LogP contribution is 2.24. The number of ether oxygens (including phenoxy) is 1. The van der Waals surface area contributed by atoms with E-state index in [0.717, 1.165) is 17.2 Å². The van der Waals surface area contributed by atoms with Crippen LogP contribution in [0.5, 0.6) is 0 Å². The number of nitrogens with one attached hydrogen (secondary N) is 6. The second-order valence-electron chi connectivity index (χ2n) is 41.0. The van der Waals surface area contributed by atoms with Crippen molar-refractivity contribution < 1.29 is 95.9 Å². The quantitative estimate of drug-likeness (QED) is 0.0205. The summed E-state index contributed by atoms with van der Waals surface area (Å²) in [7, 11) is 0. The fourth-order valence-corrected chi connectivity index (χ4v) is 8.44. The second-order valence-corrected chi connectivity index (χ2v) is 41.0. The van der Waals surface area contributed by atoms with Gasteiger partial charge in [0.2, 0.25) is 17.7 Å². The molecule has 2 aromatic rings. The standard InChI is InChI=1S/C14H20N2O2.C13H18N2O2.C13H23NO2.2C12H20O2.C11H19NO2.C10H17NO2.C10H16O3.C9H15NO3/c1-10(9-13-15-7-8-16-13)11(17)5-6-12(18)14(2,3)4;1-13(2,3)11(17)6-4-10(16)5-7-12-14-8-9-15-12;1-10(2)8-11(15)6-7-12(16)14-9-13(3,4)5;1-6-9(2)10(13)7-8-11(14)12(3,4)5;1-5-6-10(13)7-8-11(14)9-12(2,3)4;1-5-9(13)6-7-10(14)12-8-11(2,3)4;1-5-9(13)11-7-6-8(12)10(2,3)4;1-5-6-9(12)13-7-8(11)10(2,3)4;1-5-8(12)10-13-6-7(11)9(2,3)4/h7-9H,5-6H2,1-4H3,(H,15,16);5,7-9H,4,6H2,1-3H3,(H,14,15);8H,6-7,9H2,1-5H3,(H,14,16);6H,7-8H2,1-5H3;5-6H,7-9H2,1-4H3;5H,1,6-8H2,2-4H3,(H,12,14);5H,1,6-7H2,2-4H3,(H,11,13);5-6H,7H2,1-4H3;5H,1,6H2,2-4H3,(H,10,12)/b10-9+;7-5+;;9-6+;6-5+;;;6-5+;. The molecule has 2 rings (SSSR count). The third-order valence-corrected chi connectivity index (χ3v) is 17.2. The van der Waals surface area contributed by atoms with Crippen LogP contribution in [0, 0.1) is 48.7 Å². The molecule has 4 amide bonds. The van der Waals surface area contributed by atoms with E-state index in [1.165, 1.54) is 30.4 Å². The summed E-state index contributed by atoms with van der Waals surface area (Å²) in [6.07, 6.45) is 28.9. The highest BCUT2D eigenvalue weighted by atomic mass is 16.7. The maximum Gasteiger partial charge on any atom is 0.330 e. The zero-order valence-corrected chi connectivity index (χ0v) is 86.9. The number of hydroxylamine groups is 1. The Morgan fingerprint density at radius 1 is 0.379 bits per heavy atom. The minimum atomic E-state index is -0.472. The molecule has 744 valence electrons. The van der Waals surface area contributed by atoms with E-state index in [4.69, 9.17) is 4.74 Å². The lowest BCUT2D eigenvalue weighted by Crippen LogP contribution is -2.32. The zero-order valence-electron chi connectivity index (χ0n) is 86.9.